The van der Waals surface area contributed by atoms with Crippen molar-refractivity contribution in [2.24, 2.45) is 0 Å². The minimum Gasteiger partial charge on any atom is -0.392 e. The van der Waals surface area contributed by atoms with Crippen LogP contribution in [0.5, 0.6) is 0 Å². The van der Waals surface area contributed by atoms with Crippen LogP contribution in [0.25, 0.3) is 5.57 Å². The van der Waals surface area contributed by atoms with Gasteiger partial charge in [0.05, 0.1) is 6.61 Å². The molecule has 1 N–H and O–H groups in total. The van der Waals surface area contributed by atoms with E-state index in [1.807, 2.05) is 31.2 Å². The molecule has 12 heavy (non-hydrogen) atoms. The molecule has 1 aromatic rings. The second-order valence-corrected chi connectivity index (χ2v) is 3.40. The zero-order chi connectivity index (χ0) is 8.97. The van der Waals surface area contributed by atoms with Gasteiger partial charge in [-0.3, -0.25) is 0 Å². The summed E-state index contributed by atoms with van der Waals surface area (Å²) in [6.07, 6.45) is 1.79. The lowest BCUT2D eigenvalue weighted by atomic mass is 10.1. The third kappa shape index (κ3) is 2.19. The molecule has 2 heteroatoms. The molecule has 1 rings (SSSR count). The van der Waals surface area contributed by atoms with Gasteiger partial charge < -0.3 is 5.11 Å². The first kappa shape index (κ1) is 9.49. The zero-order valence-corrected chi connectivity index (χ0v) is 8.51. The van der Waals surface area contributed by atoms with Crippen LogP contribution in [0.1, 0.15) is 12.5 Å². The van der Waals surface area contributed by atoms with E-state index in [1.54, 1.807) is 6.08 Å². The maximum atomic E-state index is 8.70. The van der Waals surface area contributed by atoms with Crippen molar-refractivity contribution in [1.29, 1.82) is 0 Å². The molecule has 0 aromatic heterocycles. The maximum absolute atomic E-state index is 8.70. The quantitative estimate of drug-likeness (QED) is 0.823. The highest BCUT2D eigenvalue weighted by molar-refractivity contribution is 9.10. The summed E-state index contributed by atoms with van der Waals surface area (Å²) in [4.78, 5) is 0. The molecule has 0 radical (unpaired) electrons. The van der Waals surface area contributed by atoms with Gasteiger partial charge in [0.15, 0.2) is 0 Å². The predicted molar refractivity (Wildman–Crippen MR) is 54.9 cm³/mol. The van der Waals surface area contributed by atoms with Gasteiger partial charge in [-0.15, -0.1) is 0 Å². The summed E-state index contributed by atoms with van der Waals surface area (Å²) in [5.41, 5.74) is 2.22. The van der Waals surface area contributed by atoms with E-state index in [0.717, 1.165) is 15.6 Å². The van der Waals surface area contributed by atoms with Crippen molar-refractivity contribution >= 4 is 21.5 Å². The third-order valence-electron chi connectivity index (χ3n) is 1.70. The van der Waals surface area contributed by atoms with E-state index in [-0.39, 0.29) is 6.61 Å². The molecule has 0 spiro atoms. The smallest absolute Gasteiger partial charge is 0.0618 e. The molecule has 0 heterocycles. The summed E-state index contributed by atoms with van der Waals surface area (Å²) in [6, 6.07) is 7.96. The molecule has 0 amide bonds. The van der Waals surface area contributed by atoms with Gasteiger partial charge in [0.25, 0.3) is 0 Å². The Hall–Kier alpha value is -0.600. The Morgan fingerprint density at radius 1 is 1.50 bits per heavy atom. The van der Waals surface area contributed by atoms with Crippen molar-refractivity contribution < 1.29 is 5.11 Å². The first-order valence-electron chi connectivity index (χ1n) is 3.78. The van der Waals surface area contributed by atoms with Crippen molar-refractivity contribution in [3.8, 4) is 0 Å². The van der Waals surface area contributed by atoms with E-state index in [1.165, 1.54) is 0 Å². The maximum Gasteiger partial charge on any atom is 0.0618 e. The Morgan fingerprint density at radius 2 is 2.17 bits per heavy atom. The summed E-state index contributed by atoms with van der Waals surface area (Å²) in [5, 5.41) is 8.70. The predicted octanol–water partition coefficient (Wildman–Crippen LogP) is 2.84. The second kappa shape index (κ2) is 4.43. The van der Waals surface area contributed by atoms with Crippen LogP contribution in [-0.4, -0.2) is 11.7 Å². The van der Waals surface area contributed by atoms with Gasteiger partial charge in [-0.2, -0.15) is 0 Å². The summed E-state index contributed by atoms with van der Waals surface area (Å²) in [5.74, 6) is 0. The number of hydrogen-bond donors (Lipinski definition) is 1. The highest BCUT2D eigenvalue weighted by Crippen LogP contribution is 2.22. The van der Waals surface area contributed by atoms with Crippen molar-refractivity contribution in [1.82, 2.24) is 0 Å². The largest absolute Gasteiger partial charge is 0.392 e. The van der Waals surface area contributed by atoms with E-state index in [0.29, 0.717) is 0 Å². The third-order valence-corrected chi connectivity index (χ3v) is 2.39. The Balaban J connectivity index is 3.02. The molecule has 0 saturated heterocycles. The van der Waals surface area contributed by atoms with E-state index in [2.05, 4.69) is 15.9 Å². The molecule has 1 nitrogen and oxygen atoms in total. The number of aliphatic hydroxyl groups excluding tert-OH is 1. The molecule has 0 aliphatic heterocycles. The monoisotopic (exact) mass is 226 g/mol. The van der Waals surface area contributed by atoms with E-state index in [4.69, 9.17) is 5.11 Å². The Morgan fingerprint density at radius 3 is 2.75 bits per heavy atom. The minimum atomic E-state index is 0.0904. The first-order valence-corrected chi connectivity index (χ1v) is 4.57. The van der Waals surface area contributed by atoms with E-state index < -0.39 is 0 Å². The van der Waals surface area contributed by atoms with Crippen molar-refractivity contribution in [3.63, 3.8) is 0 Å². The number of aliphatic hydroxyl groups is 1. The van der Waals surface area contributed by atoms with Crippen LogP contribution in [-0.2, 0) is 0 Å². The zero-order valence-electron chi connectivity index (χ0n) is 6.92. The summed E-state index contributed by atoms with van der Waals surface area (Å²) < 4.78 is 1.06. The van der Waals surface area contributed by atoms with E-state index >= 15 is 0 Å². The number of rotatable bonds is 2. The number of benzene rings is 1. The molecule has 0 unspecified atom stereocenters. The van der Waals surface area contributed by atoms with Crippen molar-refractivity contribution in [2.45, 2.75) is 6.92 Å². The highest BCUT2D eigenvalue weighted by atomic mass is 79.9. The summed E-state index contributed by atoms with van der Waals surface area (Å²) >= 11 is 3.44. The SMILES string of the molecule is C/C(=C/CO)c1ccccc1Br. The molecule has 0 bridgehead atoms. The molecule has 0 aliphatic rings. The summed E-state index contributed by atoms with van der Waals surface area (Å²) in [6.45, 7) is 2.07. The van der Waals surface area contributed by atoms with Crippen LogP contribution in [0.4, 0.5) is 0 Å². The minimum absolute atomic E-state index is 0.0904. The normalized spacial score (nSPS) is 11.8. The fourth-order valence-corrected chi connectivity index (χ4v) is 1.63. The van der Waals surface area contributed by atoms with Crippen LogP contribution in [0.2, 0.25) is 0 Å². The fourth-order valence-electron chi connectivity index (χ4n) is 1.03. The molecular weight excluding hydrogens is 216 g/mol. The average Bonchev–Trinajstić information content (AvgIpc) is 2.05. The Kier molecular flexibility index (Phi) is 3.50. The highest BCUT2D eigenvalue weighted by Gasteiger charge is 1.98. The van der Waals surface area contributed by atoms with Crippen LogP contribution in [0, 0.1) is 0 Å². The van der Waals surface area contributed by atoms with Crippen LogP contribution >= 0.6 is 15.9 Å². The molecule has 0 atom stereocenters. The van der Waals surface area contributed by atoms with Crippen LogP contribution in [0.15, 0.2) is 34.8 Å². The number of hydrogen-bond acceptors (Lipinski definition) is 1. The average molecular weight is 227 g/mol. The van der Waals surface area contributed by atoms with Gasteiger partial charge in [0.2, 0.25) is 0 Å². The standard InChI is InChI=1S/C10H11BrO/c1-8(6-7-12)9-4-2-3-5-10(9)11/h2-6,12H,7H2,1H3/b8-6-. The van der Waals surface area contributed by atoms with Crippen LogP contribution in [0.3, 0.4) is 0 Å². The van der Waals surface area contributed by atoms with Gasteiger partial charge in [-0.25, -0.2) is 0 Å². The Labute approximate surface area is 80.9 Å². The molecular formula is C10H11BrO. The molecule has 0 aliphatic carbocycles. The molecule has 1 aromatic carbocycles. The lowest BCUT2D eigenvalue weighted by Crippen LogP contribution is -1.83. The van der Waals surface area contributed by atoms with Gasteiger partial charge in [0.1, 0.15) is 0 Å². The number of allylic oxidation sites excluding steroid dienone is 1. The first-order chi connectivity index (χ1) is 5.75. The van der Waals surface area contributed by atoms with Crippen molar-refractivity contribution in [2.75, 3.05) is 6.61 Å². The lowest BCUT2D eigenvalue weighted by Gasteiger charge is -2.02. The fraction of sp³-hybridized carbons (Fsp3) is 0.200. The second-order valence-electron chi connectivity index (χ2n) is 2.55. The molecule has 0 saturated carbocycles. The number of halogens is 1. The summed E-state index contributed by atoms with van der Waals surface area (Å²) in [7, 11) is 0. The van der Waals surface area contributed by atoms with Crippen molar-refractivity contribution in [3.05, 3.63) is 40.4 Å². The van der Waals surface area contributed by atoms with Gasteiger partial charge in [-0.05, 0) is 24.1 Å². The van der Waals surface area contributed by atoms with Gasteiger partial charge in [0, 0.05) is 4.47 Å². The van der Waals surface area contributed by atoms with Crippen LogP contribution < -0.4 is 0 Å². The molecule has 0 fully saturated rings. The van der Waals surface area contributed by atoms with Gasteiger partial charge >= 0.3 is 0 Å². The van der Waals surface area contributed by atoms with E-state index in [9.17, 15) is 0 Å². The Bertz CT molecular complexity index is 292. The van der Waals surface area contributed by atoms with Gasteiger partial charge in [-0.1, -0.05) is 40.2 Å². The topological polar surface area (TPSA) is 20.2 Å². The molecule has 64 valence electrons. The lowest BCUT2D eigenvalue weighted by molar-refractivity contribution is 0.343.